The van der Waals surface area contributed by atoms with Crippen molar-refractivity contribution in [3.8, 4) is 11.3 Å². The molecule has 259 valence electrons. The number of rotatable bonds is 5. The maximum atomic E-state index is 11.6. The van der Waals surface area contributed by atoms with Gasteiger partial charge in [0.2, 0.25) is 0 Å². The molecule has 48 heavy (non-hydrogen) atoms. The molecule has 0 aliphatic carbocycles. The maximum absolute atomic E-state index is 11.6. The number of fused-ring (bicyclic) bond motifs is 4. The zero-order chi connectivity index (χ0) is 35.1. The van der Waals surface area contributed by atoms with Gasteiger partial charge >= 0.3 is 6.18 Å². The normalized spacial score (nSPS) is 12.7. The molecule has 3 aromatic carbocycles. The predicted molar refractivity (Wildman–Crippen MR) is 191 cm³/mol. The van der Waals surface area contributed by atoms with Crippen molar-refractivity contribution in [3.63, 3.8) is 0 Å². The summed E-state index contributed by atoms with van der Waals surface area (Å²) in [5, 5.41) is 14.0. The first-order chi connectivity index (χ1) is 21.7. The van der Waals surface area contributed by atoms with Crippen LogP contribution in [0.4, 0.5) is 13.2 Å². The van der Waals surface area contributed by atoms with Gasteiger partial charge in [-0.1, -0.05) is 96.7 Å². The molecular formula is C40H45F3IrNO2S-. The van der Waals surface area contributed by atoms with Crippen LogP contribution in [0.5, 0.6) is 0 Å². The molecule has 0 aliphatic heterocycles. The Bertz CT molecular complexity index is 1980. The largest absolute Gasteiger partial charge is 0.512 e. The van der Waals surface area contributed by atoms with Gasteiger partial charge in [-0.25, -0.2) is 0 Å². The molecule has 5 aromatic rings. The molecule has 2 heterocycles. The minimum atomic E-state index is -4.90. The molecule has 0 atom stereocenters. The Morgan fingerprint density at radius 3 is 2.12 bits per heavy atom. The summed E-state index contributed by atoms with van der Waals surface area (Å²) in [6, 6.07) is 20.2. The quantitative estimate of drug-likeness (QED) is 0.0828. The van der Waals surface area contributed by atoms with E-state index in [1.165, 1.54) is 47.6 Å². The fourth-order valence-electron chi connectivity index (χ4n) is 5.85. The number of thiophene rings is 1. The average Bonchev–Trinajstić information content (AvgIpc) is 3.29. The second-order valence-electron chi connectivity index (χ2n) is 14.9. The number of benzene rings is 3. The molecule has 8 heteroatoms. The summed E-state index contributed by atoms with van der Waals surface area (Å²) >= 11 is 1.88. The van der Waals surface area contributed by atoms with E-state index in [2.05, 4.69) is 116 Å². The van der Waals surface area contributed by atoms with Crippen molar-refractivity contribution in [2.75, 3.05) is 0 Å². The summed E-state index contributed by atoms with van der Waals surface area (Å²) in [4.78, 5) is 10.3. The van der Waals surface area contributed by atoms with Gasteiger partial charge < -0.3 is 9.67 Å². The number of allylic oxidation sites excluding steroid dienone is 2. The van der Waals surface area contributed by atoms with Crippen LogP contribution in [0, 0.1) is 25.3 Å². The molecule has 0 saturated carbocycles. The first kappa shape index (κ1) is 39.1. The summed E-state index contributed by atoms with van der Waals surface area (Å²) < 4.78 is 39.6. The van der Waals surface area contributed by atoms with Crippen LogP contribution < -0.4 is 4.57 Å². The molecule has 0 aliphatic rings. The Kier molecular flexibility index (Phi) is 11.9. The van der Waals surface area contributed by atoms with Crippen LogP contribution in [0.25, 0.3) is 42.2 Å². The number of hydrogen-bond donors (Lipinski definition) is 1. The van der Waals surface area contributed by atoms with Crippen LogP contribution in [0.15, 0.2) is 72.6 Å². The number of carbonyl (C=O) groups excluding carboxylic acids is 1. The van der Waals surface area contributed by atoms with Crippen molar-refractivity contribution in [1.82, 2.24) is 0 Å². The van der Waals surface area contributed by atoms with Gasteiger partial charge in [0, 0.05) is 49.0 Å². The molecule has 0 amide bonds. The van der Waals surface area contributed by atoms with Crippen LogP contribution in [-0.4, -0.2) is 17.1 Å². The second kappa shape index (κ2) is 14.7. The van der Waals surface area contributed by atoms with Crippen molar-refractivity contribution in [2.24, 2.45) is 11.3 Å². The van der Waals surface area contributed by atoms with E-state index < -0.39 is 17.7 Å². The number of hydrogen-bond acceptors (Lipinski definition) is 3. The summed E-state index contributed by atoms with van der Waals surface area (Å²) in [6.45, 7) is 21.8. The number of aliphatic hydroxyl groups is 1. The first-order valence-corrected chi connectivity index (χ1v) is 16.6. The smallest absolute Gasteiger partial charge is 0.454 e. The van der Waals surface area contributed by atoms with Gasteiger partial charge in [-0.2, -0.15) is 25.7 Å². The van der Waals surface area contributed by atoms with Crippen molar-refractivity contribution in [2.45, 2.75) is 79.8 Å². The van der Waals surface area contributed by atoms with E-state index in [4.69, 9.17) is 5.11 Å². The van der Waals surface area contributed by atoms with Gasteiger partial charge in [0.05, 0.1) is 17.6 Å². The van der Waals surface area contributed by atoms with Crippen LogP contribution >= 0.6 is 11.3 Å². The fraction of sp³-hybridized carbons (Fsp3) is 0.350. The fourth-order valence-corrected chi connectivity index (χ4v) is 7.18. The number of halogens is 3. The van der Waals surface area contributed by atoms with E-state index in [0.717, 1.165) is 17.7 Å². The standard InChI is InChI=1S/C32H34NS.C8H11F3O2.Ir/c1-20-22-11-9-10-12-23(22)27(32(5,6)7)18-26(20)29-30-25(15-16-33(29)8)24-14-13-21(17-28(24)34-30)19-31(2,3)4;1-5(2)3-6(12)4-7(13)8(9,10)11;/h9-18H,1,8,19H2,2-7H3;4-5,12H,3H2,1-2H3;/q-1;;/b;6-4-;. The van der Waals surface area contributed by atoms with Gasteiger partial charge in [0.1, 0.15) is 0 Å². The third-order valence-electron chi connectivity index (χ3n) is 7.86. The minimum Gasteiger partial charge on any atom is -0.512 e. The summed E-state index contributed by atoms with van der Waals surface area (Å²) in [7, 11) is 4.39. The maximum Gasteiger partial charge on any atom is 0.454 e. The van der Waals surface area contributed by atoms with Gasteiger partial charge in [0.25, 0.3) is 5.78 Å². The van der Waals surface area contributed by atoms with Crippen molar-refractivity contribution < 1.29 is 47.7 Å². The van der Waals surface area contributed by atoms with Gasteiger partial charge in [-0.3, -0.25) is 4.79 Å². The molecule has 0 unspecified atom stereocenters. The Labute approximate surface area is 300 Å². The zero-order valence-electron chi connectivity index (χ0n) is 28.9. The van der Waals surface area contributed by atoms with Crippen molar-refractivity contribution >= 4 is 48.1 Å². The minimum absolute atomic E-state index is 0. The van der Waals surface area contributed by atoms with Gasteiger partial charge in [-0.15, -0.1) is 34.4 Å². The molecule has 2 aromatic heterocycles. The predicted octanol–water partition coefficient (Wildman–Crippen LogP) is 11.5. The number of nitrogens with zero attached hydrogens (tertiary/aromatic N) is 1. The van der Waals surface area contributed by atoms with E-state index in [0.29, 0.717) is 0 Å². The topological polar surface area (TPSA) is 41.2 Å². The molecule has 0 spiro atoms. The Hall–Kier alpha value is -3.32. The van der Waals surface area contributed by atoms with E-state index >= 15 is 0 Å². The molecule has 0 saturated heterocycles. The number of ketones is 1. The number of pyridine rings is 1. The molecular weight excluding hydrogens is 808 g/mol. The SMILES string of the molecule is CC(C)C/C(O)=C/C(=O)C(F)(F)F.[CH2-]c1c(-c2c3sc4cc(CC(C)(C)C)ccc4c3cc[n+]2[CH2-])cc(C(C)(C)C)c2ccccc12.[Ir]. The summed E-state index contributed by atoms with van der Waals surface area (Å²) in [5.74, 6) is -2.54. The Morgan fingerprint density at radius 2 is 1.56 bits per heavy atom. The molecule has 0 bridgehead atoms. The average molecular weight is 853 g/mol. The first-order valence-electron chi connectivity index (χ1n) is 15.8. The van der Waals surface area contributed by atoms with E-state index in [9.17, 15) is 18.0 Å². The van der Waals surface area contributed by atoms with Gasteiger partial charge in [-0.05, 0) is 51.6 Å². The third kappa shape index (κ3) is 9.02. The van der Waals surface area contributed by atoms with E-state index in [-0.39, 0.29) is 49.4 Å². The zero-order valence-corrected chi connectivity index (χ0v) is 32.1. The number of carbonyl (C=O) groups is 1. The monoisotopic (exact) mass is 853 g/mol. The molecule has 1 radical (unpaired) electrons. The van der Waals surface area contributed by atoms with Crippen LogP contribution in [0.2, 0.25) is 0 Å². The van der Waals surface area contributed by atoms with E-state index in [1.54, 1.807) is 13.8 Å². The second-order valence-corrected chi connectivity index (χ2v) is 15.9. The van der Waals surface area contributed by atoms with E-state index in [1.807, 2.05) is 15.9 Å². The van der Waals surface area contributed by atoms with Crippen molar-refractivity contribution in [1.29, 1.82) is 0 Å². The van der Waals surface area contributed by atoms with Crippen molar-refractivity contribution in [3.05, 3.63) is 103 Å². The molecule has 0 fully saturated rings. The van der Waals surface area contributed by atoms with Crippen LogP contribution in [0.3, 0.4) is 0 Å². The Morgan fingerprint density at radius 1 is 0.938 bits per heavy atom. The number of aliphatic hydroxyl groups excluding tert-OH is 1. The van der Waals surface area contributed by atoms with Crippen LogP contribution in [0.1, 0.15) is 78.5 Å². The molecule has 5 rings (SSSR count). The number of alkyl halides is 3. The molecule has 1 N–H and O–H groups in total. The molecule has 3 nitrogen and oxygen atoms in total. The van der Waals surface area contributed by atoms with Gasteiger partial charge in [0.15, 0.2) is 0 Å². The summed E-state index contributed by atoms with van der Waals surface area (Å²) in [6.07, 6.45) is -1.44. The third-order valence-corrected chi connectivity index (χ3v) is 9.04. The van der Waals surface area contributed by atoms with Crippen LogP contribution in [-0.2, 0) is 36.7 Å². The number of aromatic nitrogens is 1. The summed E-state index contributed by atoms with van der Waals surface area (Å²) in [5.41, 5.74) is 6.42. The Balaban J connectivity index is 0.000000382.